The Morgan fingerprint density at radius 3 is 1.86 bits per heavy atom. The van der Waals surface area contributed by atoms with Gasteiger partial charge in [0, 0.05) is 44.1 Å². The molecule has 9 heteroatoms. The van der Waals surface area contributed by atoms with E-state index >= 15 is 0 Å². The molecular weight excluding hydrogens is 456 g/mol. The lowest BCUT2D eigenvalue weighted by molar-refractivity contribution is 0.0955. The van der Waals surface area contributed by atoms with Crippen molar-refractivity contribution in [2.75, 3.05) is 55.6 Å². The molecule has 0 aromatic heterocycles. The molecule has 0 unspecified atom stereocenters. The van der Waals surface area contributed by atoms with Gasteiger partial charge in [0.2, 0.25) is 0 Å². The molecule has 0 bridgehead atoms. The summed E-state index contributed by atoms with van der Waals surface area (Å²) in [5.74, 6) is -0.333. The zero-order valence-electron chi connectivity index (χ0n) is 20.5. The van der Waals surface area contributed by atoms with Gasteiger partial charge >= 0.3 is 0 Å². The number of aliphatic hydroxyl groups is 2. The monoisotopic (exact) mass is 488 g/mol. The summed E-state index contributed by atoms with van der Waals surface area (Å²) in [6.45, 7) is 1.32. The molecule has 36 heavy (non-hydrogen) atoms. The third kappa shape index (κ3) is 7.93. The van der Waals surface area contributed by atoms with Crippen molar-refractivity contribution in [3.05, 3.63) is 89.5 Å². The zero-order chi connectivity index (χ0) is 25.8. The van der Waals surface area contributed by atoms with Crippen molar-refractivity contribution < 1.29 is 15.0 Å². The highest BCUT2D eigenvalue weighted by Gasteiger charge is 2.05. The molecule has 4 N–H and O–H groups in total. The van der Waals surface area contributed by atoms with E-state index in [0.717, 1.165) is 22.5 Å². The van der Waals surface area contributed by atoms with E-state index in [1.54, 1.807) is 30.6 Å². The molecule has 0 saturated heterocycles. The van der Waals surface area contributed by atoms with E-state index in [1.165, 1.54) is 0 Å². The predicted octanol–water partition coefficient (Wildman–Crippen LogP) is 2.75. The van der Waals surface area contributed by atoms with Crippen molar-refractivity contribution in [1.29, 1.82) is 0 Å². The van der Waals surface area contributed by atoms with Gasteiger partial charge in [-0.15, -0.1) is 0 Å². The Morgan fingerprint density at radius 1 is 0.806 bits per heavy atom. The summed E-state index contributed by atoms with van der Waals surface area (Å²) in [5, 5.41) is 26.4. The van der Waals surface area contributed by atoms with E-state index in [-0.39, 0.29) is 19.1 Å². The first kappa shape index (κ1) is 26.4. The van der Waals surface area contributed by atoms with Gasteiger partial charge in [0.15, 0.2) is 0 Å². The van der Waals surface area contributed by atoms with E-state index < -0.39 is 0 Å². The molecular formula is C27H32N6O3. The third-order valence-electron chi connectivity index (χ3n) is 5.45. The van der Waals surface area contributed by atoms with Gasteiger partial charge < -0.3 is 20.0 Å². The van der Waals surface area contributed by atoms with Crippen LogP contribution >= 0.6 is 0 Å². The molecule has 3 aromatic rings. The summed E-state index contributed by atoms with van der Waals surface area (Å²) in [5.41, 5.74) is 10.4. The lowest BCUT2D eigenvalue weighted by Crippen LogP contribution is -2.20. The van der Waals surface area contributed by atoms with Gasteiger partial charge in [-0.05, 0) is 53.6 Å². The number of amides is 1. The average Bonchev–Trinajstić information content (AvgIpc) is 2.90. The first-order valence-electron chi connectivity index (χ1n) is 11.6. The van der Waals surface area contributed by atoms with Crippen molar-refractivity contribution in [3.8, 4) is 0 Å². The maximum absolute atomic E-state index is 12.5. The molecule has 3 aromatic carbocycles. The molecule has 0 spiro atoms. The Hall–Kier alpha value is -4.21. The molecule has 188 valence electrons. The number of anilines is 3. The van der Waals surface area contributed by atoms with Gasteiger partial charge in [0.25, 0.3) is 5.91 Å². The molecule has 3 rings (SSSR count). The normalized spacial score (nSPS) is 11.1. The van der Waals surface area contributed by atoms with Crippen LogP contribution in [-0.2, 0) is 0 Å². The number of carbonyl (C=O) groups excluding carboxylic acids is 1. The molecule has 0 radical (unpaired) electrons. The SMILES string of the molecule is CN(CCO)c1ccc(/C=N/NC(=O)c2cccc(N/N=C/c3ccc(N(C)CCO)cc3)c2)cc1. The Kier molecular flexibility index (Phi) is 9.99. The fourth-order valence-electron chi connectivity index (χ4n) is 3.33. The highest BCUT2D eigenvalue weighted by atomic mass is 16.3. The first-order chi connectivity index (χ1) is 17.5. The standard InChI is InChI=1S/C27H32N6O3/c1-32(14-16-34)25-10-6-21(7-11-25)19-28-30-24-5-3-4-23(18-24)27(36)31-29-20-22-8-12-26(13-9-22)33(2)15-17-35/h3-13,18-20,30,34-35H,14-17H2,1-2H3,(H,31,36)/b28-19+,29-20+. The summed E-state index contributed by atoms with van der Waals surface area (Å²) in [6.07, 6.45) is 3.27. The number of carbonyl (C=O) groups is 1. The number of rotatable bonds is 12. The van der Waals surface area contributed by atoms with E-state index in [9.17, 15) is 4.79 Å². The van der Waals surface area contributed by atoms with Gasteiger partial charge in [0.1, 0.15) is 0 Å². The van der Waals surface area contributed by atoms with Crippen LogP contribution in [0.4, 0.5) is 17.1 Å². The summed E-state index contributed by atoms with van der Waals surface area (Å²) in [7, 11) is 3.83. The van der Waals surface area contributed by atoms with E-state index in [2.05, 4.69) is 21.1 Å². The fraction of sp³-hybridized carbons (Fsp3) is 0.222. The predicted molar refractivity (Wildman–Crippen MR) is 146 cm³/mol. The number of nitrogens with zero attached hydrogens (tertiary/aromatic N) is 4. The van der Waals surface area contributed by atoms with Crippen LogP contribution in [0.15, 0.2) is 83.0 Å². The van der Waals surface area contributed by atoms with Crippen LogP contribution in [0.5, 0.6) is 0 Å². The second kappa shape index (κ2) is 13.6. The number of aliphatic hydroxyl groups excluding tert-OH is 2. The van der Waals surface area contributed by atoms with Crippen LogP contribution < -0.4 is 20.7 Å². The largest absolute Gasteiger partial charge is 0.395 e. The van der Waals surface area contributed by atoms with Gasteiger partial charge in [-0.1, -0.05) is 30.3 Å². The van der Waals surface area contributed by atoms with Crippen LogP contribution in [0.2, 0.25) is 0 Å². The quantitative estimate of drug-likeness (QED) is 0.230. The number of hydrogen-bond acceptors (Lipinski definition) is 8. The molecule has 9 nitrogen and oxygen atoms in total. The second-order valence-electron chi connectivity index (χ2n) is 8.12. The van der Waals surface area contributed by atoms with Gasteiger partial charge in [0.05, 0.1) is 31.3 Å². The second-order valence-corrected chi connectivity index (χ2v) is 8.12. The first-order valence-corrected chi connectivity index (χ1v) is 11.6. The molecule has 0 aliphatic rings. The van der Waals surface area contributed by atoms with Gasteiger partial charge in [-0.25, -0.2) is 5.43 Å². The Morgan fingerprint density at radius 2 is 1.33 bits per heavy atom. The van der Waals surface area contributed by atoms with Crippen molar-refractivity contribution in [1.82, 2.24) is 5.43 Å². The fourth-order valence-corrected chi connectivity index (χ4v) is 3.33. The minimum atomic E-state index is -0.333. The molecule has 0 saturated carbocycles. The molecule has 0 fully saturated rings. The smallest absolute Gasteiger partial charge is 0.271 e. The summed E-state index contributed by atoms with van der Waals surface area (Å²) < 4.78 is 0. The lowest BCUT2D eigenvalue weighted by atomic mass is 10.2. The number of nitrogens with one attached hydrogen (secondary N) is 2. The summed E-state index contributed by atoms with van der Waals surface area (Å²) in [4.78, 5) is 16.4. The van der Waals surface area contributed by atoms with Crippen molar-refractivity contribution >= 4 is 35.4 Å². The Labute approximate surface area is 211 Å². The number of hydrazone groups is 2. The number of likely N-dealkylation sites (N-methyl/N-ethyl adjacent to an activating group) is 2. The Bertz CT molecular complexity index is 1160. The van der Waals surface area contributed by atoms with Gasteiger partial charge in [-0.3, -0.25) is 10.2 Å². The summed E-state index contributed by atoms with van der Waals surface area (Å²) >= 11 is 0. The highest BCUT2D eigenvalue weighted by molar-refractivity contribution is 5.95. The van der Waals surface area contributed by atoms with Crippen molar-refractivity contribution in [2.24, 2.45) is 10.2 Å². The maximum Gasteiger partial charge on any atom is 0.271 e. The molecule has 0 aliphatic heterocycles. The van der Waals surface area contributed by atoms with E-state index in [4.69, 9.17) is 10.2 Å². The van der Waals surface area contributed by atoms with Gasteiger partial charge in [-0.2, -0.15) is 10.2 Å². The minimum absolute atomic E-state index is 0.0906. The number of hydrogen-bond donors (Lipinski definition) is 4. The maximum atomic E-state index is 12.5. The van der Waals surface area contributed by atoms with Crippen LogP contribution in [0.1, 0.15) is 21.5 Å². The van der Waals surface area contributed by atoms with E-state index in [0.29, 0.717) is 24.3 Å². The topological polar surface area (TPSA) is 113 Å². The van der Waals surface area contributed by atoms with Crippen molar-refractivity contribution in [2.45, 2.75) is 0 Å². The van der Waals surface area contributed by atoms with Crippen molar-refractivity contribution in [3.63, 3.8) is 0 Å². The lowest BCUT2D eigenvalue weighted by Gasteiger charge is -2.17. The van der Waals surface area contributed by atoms with Crippen LogP contribution in [0, 0.1) is 0 Å². The molecule has 1 amide bonds. The van der Waals surface area contributed by atoms with Crippen LogP contribution in [-0.4, -0.2) is 68.9 Å². The Balaban J connectivity index is 1.52. The average molecular weight is 489 g/mol. The third-order valence-corrected chi connectivity index (χ3v) is 5.45. The van der Waals surface area contributed by atoms with E-state index in [1.807, 2.05) is 78.5 Å². The summed E-state index contributed by atoms with van der Waals surface area (Å²) in [6, 6.07) is 22.4. The molecule has 0 aliphatic carbocycles. The molecule has 0 atom stereocenters. The molecule has 0 heterocycles. The number of benzene rings is 3. The minimum Gasteiger partial charge on any atom is -0.395 e. The highest BCUT2D eigenvalue weighted by Crippen LogP contribution is 2.14. The van der Waals surface area contributed by atoms with Crippen LogP contribution in [0.3, 0.4) is 0 Å². The van der Waals surface area contributed by atoms with Crippen LogP contribution in [0.25, 0.3) is 0 Å². The zero-order valence-corrected chi connectivity index (χ0v) is 20.5.